The van der Waals surface area contributed by atoms with Crippen molar-refractivity contribution in [3.8, 4) is 0 Å². The van der Waals surface area contributed by atoms with Gasteiger partial charge in [-0.05, 0) is 24.3 Å². The number of furan rings is 1. The van der Waals surface area contributed by atoms with Crippen LogP contribution in [0.15, 0.2) is 58.9 Å². The number of aliphatic hydroxyl groups excluding tert-OH is 1. The van der Waals surface area contributed by atoms with Crippen LogP contribution >= 0.6 is 0 Å². The molecule has 2 aromatic rings. The summed E-state index contributed by atoms with van der Waals surface area (Å²) in [4.78, 5) is 13.7. The van der Waals surface area contributed by atoms with Crippen molar-refractivity contribution in [1.29, 1.82) is 0 Å². The molecule has 94 valence electrons. The molecule has 0 saturated heterocycles. The Balaban J connectivity index is 1.98. The molecule has 5 heteroatoms. The van der Waals surface area contributed by atoms with Crippen molar-refractivity contribution < 1.29 is 14.3 Å². The van der Waals surface area contributed by atoms with Crippen molar-refractivity contribution in [2.75, 3.05) is 10.2 Å². The van der Waals surface area contributed by atoms with Gasteiger partial charge in [0.05, 0.1) is 17.6 Å². The number of nitrogens with one attached hydrogen (secondary N) is 1. The summed E-state index contributed by atoms with van der Waals surface area (Å²) in [6.07, 6.45) is 3.02. The topological polar surface area (TPSA) is 65.7 Å². The third-order valence-corrected chi connectivity index (χ3v) is 3.49. The maximum absolute atomic E-state index is 12.2. The van der Waals surface area contributed by atoms with Gasteiger partial charge in [0.25, 0.3) is 5.91 Å². The SMILES string of the molecule is O=C1C(O)=CC2(c3ccco3)Nc3ccccc3N12. The molecule has 0 bridgehead atoms. The molecule has 1 aromatic carbocycles. The molecule has 1 amide bonds. The lowest BCUT2D eigenvalue weighted by Crippen LogP contribution is -2.45. The molecule has 0 saturated carbocycles. The van der Waals surface area contributed by atoms with Gasteiger partial charge in [0.15, 0.2) is 11.5 Å². The molecule has 2 N–H and O–H groups in total. The van der Waals surface area contributed by atoms with Crippen molar-refractivity contribution >= 4 is 17.3 Å². The summed E-state index contributed by atoms with van der Waals surface area (Å²) in [7, 11) is 0. The van der Waals surface area contributed by atoms with Gasteiger partial charge in [0.2, 0.25) is 5.66 Å². The highest BCUT2D eigenvalue weighted by molar-refractivity contribution is 6.12. The van der Waals surface area contributed by atoms with E-state index in [2.05, 4.69) is 5.32 Å². The molecule has 1 unspecified atom stereocenters. The van der Waals surface area contributed by atoms with Gasteiger partial charge in [-0.2, -0.15) is 0 Å². The molecule has 0 radical (unpaired) electrons. The number of hydrogen-bond acceptors (Lipinski definition) is 4. The quantitative estimate of drug-likeness (QED) is 0.819. The van der Waals surface area contributed by atoms with Gasteiger partial charge >= 0.3 is 0 Å². The van der Waals surface area contributed by atoms with E-state index >= 15 is 0 Å². The molecule has 1 aromatic heterocycles. The first kappa shape index (κ1) is 10.3. The first-order valence-corrected chi connectivity index (χ1v) is 5.90. The predicted molar refractivity (Wildman–Crippen MR) is 68.6 cm³/mol. The average molecular weight is 254 g/mol. The fraction of sp³-hybridized carbons (Fsp3) is 0.0714. The molecule has 5 nitrogen and oxygen atoms in total. The molecule has 0 spiro atoms. The van der Waals surface area contributed by atoms with Crippen LogP contribution in [-0.2, 0) is 10.5 Å². The van der Waals surface area contributed by atoms with Crippen LogP contribution in [0.3, 0.4) is 0 Å². The fourth-order valence-electron chi connectivity index (χ4n) is 2.71. The van der Waals surface area contributed by atoms with Crippen molar-refractivity contribution in [2.45, 2.75) is 5.66 Å². The van der Waals surface area contributed by atoms with E-state index in [-0.39, 0.29) is 5.76 Å². The minimum absolute atomic E-state index is 0.279. The summed E-state index contributed by atoms with van der Waals surface area (Å²) in [5, 5.41) is 13.0. The van der Waals surface area contributed by atoms with E-state index in [9.17, 15) is 9.90 Å². The van der Waals surface area contributed by atoms with Gasteiger partial charge in [0, 0.05) is 6.08 Å². The molecule has 0 aliphatic carbocycles. The number of hydrogen-bond donors (Lipinski definition) is 2. The van der Waals surface area contributed by atoms with Crippen LogP contribution in [0.1, 0.15) is 5.76 Å². The van der Waals surface area contributed by atoms with E-state index in [0.29, 0.717) is 5.76 Å². The fourth-order valence-corrected chi connectivity index (χ4v) is 2.71. The summed E-state index contributed by atoms with van der Waals surface area (Å²) >= 11 is 0. The predicted octanol–water partition coefficient (Wildman–Crippen LogP) is 2.35. The smallest absolute Gasteiger partial charge is 0.295 e. The van der Waals surface area contributed by atoms with Crippen LogP contribution in [0.2, 0.25) is 0 Å². The molecule has 19 heavy (non-hydrogen) atoms. The first-order valence-electron chi connectivity index (χ1n) is 5.90. The summed E-state index contributed by atoms with van der Waals surface area (Å²) in [5.74, 6) is -0.159. The number of amides is 1. The molecule has 3 heterocycles. The number of anilines is 2. The number of nitrogens with zero attached hydrogens (tertiary/aromatic N) is 1. The van der Waals surface area contributed by atoms with Crippen molar-refractivity contribution in [2.24, 2.45) is 0 Å². The van der Waals surface area contributed by atoms with Crippen molar-refractivity contribution in [3.05, 3.63) is 60.3 Å². The zero-order valence-corrected chi connectivity index (χ0v) is 9.83. The van der Waals surface area contributed by atoms with Crippen molar-refractivity contribution in [3.63, 3.8) is 0 Å². The van der Waals surface area contributed by atoms with E-state index < -0.39 is 11.6 Å². The molecule has 2 aliphatic rings. The number of rotatable bonds is 1. The van der Waals surface area contributed by atoms with Crippen LogP contribution in [0.25, 0.3) is 0 Å². The summed E-state index contributed by atoms with van der Waals surface area (Å²) < 4.78 is 5.44. The van der Waals surface area contributed by atoms with Gasteiger partial charge in [0.1, 0.15) is 0 Å². The van der Waals surface area contributed by atoms with Gasteiger partial charge < -0.3 is 14.8 Å². The number of benzene rings is 1. The molecule has 2 aliphatic heterocycles. The Morgan fingerprint density at radius 3 is 2.84 bits per heavy atom. The Labute approximate surface area is 108 Å². The standard InChI is InChI=1S/C14H10N2O3/c17-11-8-14(12-6-3-7-19-12)15-9-4-1-2-5-10(9)16(14)13(11)18/h1-8,15,17H. The number of carbonyl (C=O) groups excluding carboxylic acids is 1. The number of para-hydroxylation sites is 2. The molecule has 4 rings (SSSR count). The maximum atomic E-state index is 12.2. The number of carbonyl (C=O) groups is 1. The largest absolute Gasteiger partial charge is 0.503 e. The van der Waals surface area contributed by atoms with Crippen molar-refractivity contribution in [1.82, 2.24) is 0 Å². The van der Waals surface area contributed by atoms with E-state index in [4.69, 9.17) is 4.42 Å². The summed E-state index contributed by atoms with van der Waals surface area (Å²) in [6, 6.07) is 11.0. The highest BCUT2D eigenvalue weighted by Crippen LogP contribution is 2.49. The monoisotopic (exact) mass is 254 g/mol. The van der Waals surface area contributed by atoms with E-state index in [1.807, 2.05) is 24.3 Å². The first-order chi connectivity index (χ1) is 9.22. The summed E-state index contributed by atoms with van der Waals surface area (Å²) in [5.41, 5.74) is 0.592. The Morgan fingerprint density at radius 1 is 1.21 bits per heavy atom. The molecular weight excluding hydrogens is 244 g/mol. The van der Waals surface area contributed by atoms with Gasteiger partial charge in [-0.25, -0.2) is 0 Å². The Bertz CT molecular complexity index is 705. The minimum atomic E-state index is -0.964. The molecular formula is C14H10N2O3. The van der Waals surface area contributed by atoms with E-state index in [0.717, 1.165) is 11.4 Å². The summed E-state index contributed by atoms with van der Waals surface area (Å²) in [6.45, 7) is 0. The lowest BCUT2D eigenvalue weighted by Gasteiger charge is -2.28. The van der Waals surface area contributed by atoms with Crippen LogP contribution in [0.5, 0.6) is 0 Å². The average Bonchev–Trinajstić information content (AvgIpc) is 3.07. The Kier molecular flexibility index (Phi) is 1.73. The highest BCUT2D eigenvalue weighted by atomic mass is 16.3. The van der Waals surface area contributed by atoms with Crippen LogP contribution < -0.4 is 10.2 Å². The second-order valence-electron chi connectivity index (χ2n) is 4.56. The molecule has 1 atom stereocenters. The lowest BCUT2D eigenvalue weighted by atomic mass is 10.1. The van der Waals surface area contributed by atoms with E-state index in [1.165, 1.54) is 11.0 Å². The van der Waals surface area contributed by atoms with Gasteiger partial charge in [-0.1, -0.05) is 12.1 Å². The third-order valence-electron chi connectivity index (χ3n) is 3.49. The third kappa shape index (κ3) is 1.12. The lowest BCUT2D eigenvalue weighted by molar-refractivity contribution is -0.117. The zero-order chi connectivity index (χ0) is 13.0. The van der Waals surface area contributed by atoms with Gasteiger partial charge in [-0.15, -0.1) is 0 Å². The van der Waals surface area contributed by atoms with Crippen LogP contribution in [0, 0.1) is 0 Å². The molecule has 0 fully saturated rings. The van der Waals surface area contributed by atoms with Gasteiger partial charge in [-0.3, -0.25) is 9.69 Å². The highest BCUT2D eigenvalue weighted by Gasteiger charge is 2.54. The Morgan fingerprint density at radius 2 is 2.05 bits per heavy atom. The second kappa shape index (κ2) is 3.20. The second-order valence-corrected chi connectivity index (χ2v) is 4.56. The maximum Gasteiger partial charge on any atom is 0.295 e. The minimum Gasteiger partial charge on any atom is -0.503 e. The number of fused-ring (bicyclic) bond motifs is 3. The Hall–Kier alpha value is -2.69. The number of aliphatic hydroxyl groups is 1. The zero-order valence-electron chi connectivity index (χ0n) is 9.83. The van der Waals surface area contributed by atoms with Crippen LogP contribution in [0.4, 0.5) is 11.4 Å². The normalized spacial score (nSPS) is 23.9. The van der Waals surface area contributed by atoms with E-state index in [1.54, 1.807) is 18.4 Å². The van der Waals surface area contributed by atoms with Crippen LogP contribution in [-0.4, -0.2) is 11.0 Å².